The van der Waals surface area contributed by atoms with E-state index in [2.05, 4.69) is 36.4 Å². The van der Waals surface area contributed by atoms with Crippen LogP contribution in [0.1, 0.15) is 48.8 Å². The Morgan fingerprint density at radius 3 is 2.29 bits per heavy atom. The van der Waals surface area contributed by atoms with Crippen molar-refractivity contribution in [1.82, 2.24) is 0 Å². The quantitative estimate of drug-likeness (QED) is 0.671. The zero-order valence-corrected chi connectivity index (χ0v) is 14.2. The number of benzene rings is 2. The van der Waals surface area contributed by atoms with Crippen molar-refractivity contribution in [3.63, 3.8) is 0 Å². The number of rotatable bonds is 2. The maximum absolute atomic E-state index is 8.27. The summed E-state index contributed by atoms with van der Waals surface area (Å²) in [5.41, 5.74) is 5.80. The molecule has 0 aromatic heterocycles. The highest BCUT2D eigenvalue weighted by molar-refractivity contribution is 5.64. The van der Waals surface area contributed by atoms with Gasteiger partial charge in [-0.15, -0.1) is 0 Å². The fraction of sp³-hybridized carbons (Fsp3) is 0.348. The van der Waals surface area contributed by atoms with Crippen LogP contribution in [0.5, 0.6) is 0 Å². The molecule has 2 aliphatic rings. The molecule has 2 aliphatic carbocycles. The van der Waals surface area contributed by atoms with Gasteiger partial charge in [-0.1, -0.05) is 85.5 Å². The minimum absolute atomic E-state index is 0.515. The highest BCUT2D eigenvalue weighted by atomic mass is 14.3. The number of nitriles is 1. The molecule has 0 amide bonds. The second-order valence-corrected chi connectivity index (χ2v) is 6.75. The van der Waals surface area contributed by atoms with Crippen LogP contribution in [0.3, 0.4) is 0 Å². The van der Waals surface area contributed by atoms with Crippen molar-refractivity contribution in [3.8, 4) is 6.07 Å². The van der Waals surface area contributed by atoms with Crippen LogP contribution in [0, 0.1) is 17.2 Å². The maximum Gasteiger partial charge on any atom is 0.0669 e. The molecular formula is C23H25N. The zero-order valence-electron chi connectivity index (χ0n) is 14.2. The van der Waals surface area contributed by atoms with Crippen LogP contribution in [0.25, 0.3) is 6.08 Å². The molecule has 24 heavy (non-hydrogen) atoms. The first kappa shape index (κ1) is 16.5. The topological polar surface area (TPSA) is 23.8 Å². The van der Waals surface area contributed by atoms with E-state index in [1.807, 2.05) is 30.3 Å². The summed E-state index contributed by atoms with van der Waals surface area (Å²) >= 11 is 0. The third kappa shape index (κ3) is 4.36. The normalized spacial score (nSPS) is 16.4. The molecule has 122 valence electrons. The SMILES string of the molecule is C1=C(C2CCCCC2)Cc2ccccc21.N#CCc1ccccc1. The molecule has 0 N–H and O–H groups in total. The van der Waals surface area contributed by atoms with E-state index < -0.39 is 0 Å². The minimum Gasteiger partial charge on any atom is -0.198 e. The molecule has 0 aliphatic heterocycles. The third-order valence-electron chi connectivity index (χ3n) is 5.05. The average molecular weight is 315 g/mol. The van der Waals surface area contributed by atoms with Gasteiger partial charge >= 0.3 is 0 Å². The molecular weight excluding hydrogens is 290 g/mol. The lowest BCUT2D eigenvalue weighted by Gasteiger charge is -2.22. The molecule has 0 unspecified atom stereocenters. The molecule has 0 atom stereocenters. The van der Waals surface area contributed by atoms with Crippen molar-refractivity contribution in [2.45, 2.75) is 44.9 Å². The first-order valence-electron chi connectivity index (χ1n) is 9.06. The Balaban J connectivity index is 0.000000162. The smallest absolute Gasteiger partial charge is 0.0669 e. The molecule has 1 saturated carbocycles. The molecule has 0 heterocycles. The Morgan fingerprint density at radius 2 is 1.58 bits per heavy atom. The Morgan fingerprint density at radius 1 is 0.875 bits per heavy atom. The summed E-state index contributed by atoms with van der Waals surface area (Å²) < 4.78 is 0. The largest absolute Gasteiger partial charge is 0.198 e. The molecule has 1 nitrogen and oxygen atoms in total. The lowest BCUT2D eigenvalue weighted by atomic mass is 9.83. The molecule has 1 heteroatoms. The molecule has 4 rings (SSSR count). The number of hydrogen-bond donors (Lipinski definition) is 0. The molecule has 2 aromatic rings. The Bertz CT molecular complexity index is 715. The van der Waals surface area contributed by atoms with Crippen LogP contribution in [-0.2, 0) is 12.8 Å². The van der Waals surface area contributed by atoms with Crippen molar-refractivity contribution in [3.05, 3.63) is 76.9 Å². The second-order valence-electron chi connectivity index (χ2n) is 6.75. The predicted octanol–water partition coefficient (Wildman–Crippen LogP) is 5.96. The Hall–Kier alpha value is -2.33. The highest BCUT2D eigenvalue weighted by Crippen LogP contribution is 2.36. The summed E-state index contributed by atoms with van der Waals surface area (Å²) in [5, 5.41) is 8.27. The van der Waals surface area contributed by atoms with Crippen LogP contribution >= 0.6 is 0 Å². The molecule has 0 radical (unpaired) electrons. The van der Waals surface area contributed by atoms with Crippen molar-refractivity contribution >= 4 is 6.08 Å². The van der Waals surface area contributed by atoms with Gasteiger partial charge < -0.3 is 0 Å². The van der Waals surface area contributed by atoms with Gasteiger partial charge in [0.05, 0.1) is 12.5 Å². The average Bonchev–Trinajstić information content (AvgIpc) is 3.08. The van der Waals surface area contributed by atoms with Gasteiger partial charge in [0.15, 0.2) is 0 Å². The number of allylic oxidation sites excluding steroid dienone is 1. The van der Waals surface area contributed by atoms with E-state index in [4.69, 9.17) is 5.26 Å². The van der Waals surface area contributed by atoms with Crippen molar-refractivity contribution in [2.24, 2.45) is 5.92 Å². The van der Waals surface area contributed by atoms with Crippen LogP contribution in [0.15, 0.2) is 60.2 Å². The van der Waals surface area contributed by atoms with E-state index in [0.717, 1.165) is 11.5 Å². The minimum atomic E-state index is 0.515. The third-order valence-corrected chi connectivity index (χ3v) is 5.05. The van der Waals surface area contributed by atoms with E-state index in [1.54, 1.807) is 5.57 Å². The van der Waals surface area contributed by atoms with Crippen molar-refractivity contribution in [2.75, 3.05) is 0 Å². The van der Waals surface area contributed by atoms with Gasteiger partial charge in [-0.2, -0.15) is 5.26 Å². The van der Waals surface area contributed by atoms with Crippen LogP contribution in [0.2, 0.25) is 0 Å². The molecule has 0 spiro atoms. The van der Waals surface area contributed by atoms with Gasteiger partial charge in [-0.05, 0) is 41.9 Å². The lowest BCUT2D eigenvalue weighted by molar-refractivity contribution is 0.401. The standard InChI is InChI=1S/C15H18.C8H7N/c1-2-6-12(7-3-1)15-10-13-8-4-5-9-14(13)11-15;9-7-6-8-4-2-1-3-5-8/h4-5,8-10,12H,1-3,6-7,11H2;1-5H,6H2. The summed E-state index contributed by atoms with van der Waals surface area (Å²) in [6.07, 6.45) is 11.4. The number of hydrogen-bond acceptors (Lipinski definition) is 1. The van der Waals surface area contributed by atoms with Gasteiger partial charge in [0.2, 0.25) is 0 Å². The predicted molar refractivity (Wildman–Crippen MR) is 100 cm³/mol. The monoisotopic (exact) mass is 315 g/mol. The van der Waals surface area contributed by atoms with Gasteiger partial charge in [-0.25, -0.2) is 0 Å². The molecule has 2 aromatic carbocycles. The molecule has 0 bridgehead atoms. The summed E-state index contributed by atoms with van der Waals surface area (Å²) in [6.45, 7) is 0. The fourth-order valence-corrected chi connectivity index (χ4v) is 3.73. The van der Waals surface area contributed by atoms with Crippen LogP contribution in [0.4, 0.5) is 0 Å². The fourth-order valence-electron chi connectivity index (χ4n) is 3.73. The second kappa shape index (κ2) is 8.50. The van der Waals surface area contributed by atoms with Gasteiger partial charge in [0.1, 0.15) is 0 Å². The number of fused-ring (bicyclic) bond motifs is 1. The summed E-state index contributed by atoms with van der Waals surface area (Å²) in [4.78, 5) is 0. The lowest BCUT2D eigenvalue weighted by Crippen LogP contribution is -2.08. The Kier molecular flexibility index (Phi) is 5.85. The highest BCUT2D eigenvalue weighted by Gasteiger charge is 2.21. The first-order valence-corrected chi connectivity index (χ1v) is 9.06. The van der Waals surface area contributed by atoms with E-state index in [0.29, 0.717) is 6.42 Å². The molecule has 0 saturated heterocycles. The van der Waals surface area contributed by atoms with E-state index >= 15 is 0 Å². The summed E-state index contributed by atoms with van der Waals surface area (Å²) in [5.74, 6) is 0.895. The summed E-state index contributed by atoms with van der Waals surface area (Å²) in [6, 6.07) is 20.6. The Labute approximate surface area is 145 Å². The van der Waals surface area contributed by atoms with Crippen LogP contribution in [-0.4, -0.2) is 0 Å². The van der Waals surface area contributed by atoms with Gasteiger partial charge in [0.25, 0.3) is 0 Å². The van der Waals surface area contributed by atoms with E-state index in [-0.39, 0.29) is 0 Å². The van der Waals surface area contributed by atoms with E-state index in [9.17, 15) is 0 Å². The van der Waals surface area contributed by atoms with E-state index in [1.165, 1.54) is 49.7 Å². The maximum atomic E-state index is 8.27. The first-order chi connectivity index (χ1) is 11.9. The zero-order chi connectivity index (χ0) is 16.6. The van der Waals surface area contributed by atoms with Gasteiger partial charge in [0, 0.05) is 0 Å². The summed E-state index contributed by atoms with van der Waals surface area (Å²) in [7, 11) is 0. The van der Waals surface area contributed by atoms with Crippen LogP contribution < -0.4 is 0 Å². The van der Waals surface area contributed by atoms with Crippen molar-refractivity contribution in [1.29, 1.82) is 5.26 Å². The van der Waals surface area contributed by atoms with Gasteiger partial charge in [-0.3, -0.25) is 0 Å². The molecule has 1 fully saturated rings. The number of nitrogens with zero attached hydrogens (tertiary/aromatic N) is 1. The van der Waals surface area contributed by atoms with Crippen molar-refractivity contribution < 1.29 is 0 Å².